The first-order valence-electron chi connectivity index (χ1n) is 6.33. The third kappa shape index (κ3) is 2.77. The molecular formula is C15H14N4O. The lowest BCUT2D eigenvalue weighted by Crippen LogP contribution is -2.28. The standard InChI is InChI=1S/C15H14N4O/c20-15(17-10-12-4-2-1-3-5-12)18-13-6-7-14-16-8-9-19(14)11-13/h1-9,11H,10H2,(H2,17,18,20). The van der Waals surface area contributed by atoms with E-state index >= 15 is 0 Å². The normalized spacial score (nSPS) is 10.4. The van der Waals surface area contributed by atoms with Crippen LogP contribution in [0.3, 0.4) is 0 Å². The third-order valence-electron chi connectivity index (χ3n) is 2.94. The minimum Gasteiger partial charge on any atom is -0.334 e. The SMILES string of the molecule is O=C(NCc1ccccc1)Nc1ccc2nccn2c1. The van der Waals surface area contributed by atoms with Crippen molar-refractivity contribution in [1.29, 1.82) is 0 Å². The van der Waals surface area contributed by atoms with Crippen LogP contribution in [0.25, 0.3) is 5.65 Å². The molecule has 2 aromatic heterocycles. The Morgan fingerprint density at radius 2 is 2.00 bits per heavy atom. The lowest BCUT2D eigenvalue weighted by atomic mass is 10.2. The van der Waals surface area contributed by atoms with E-state index in [0.29, 0.717) is 6.54 Å². The molecule has 5 nitrogen and oxygen atoms in total. The number of rotatable bonds is 3. The Hall–Kier alpha value is -2.82. The molecule has 2 N–H and O–H groups in total. The van der Waals surface area contributed by atoms with E-state index in [1.165, 1.54) is 0 Å². The molecule has 0 aliphatic carbocycles. The van der Waals surface area contributed by atoms with Gasteiger partial charge in [-0.15, -0.1) is 0 Å². The summed E-state index contributed by atoms with van der Waals surface area (Å²) in [4.78, 5) is 16.0. The van der Waals surface area contributed by atoms with E-state index in [-0.39, 0.29) is 6.03 Å². The zero-order valence-electron chi connectivity index (χ0n) is 10.8. The highest BCUT2D eigenvalue weighted by Gasteiger charge is 2.02. The Labute approximate surface area is 116 Å². The third-order valence-corrected chi connectivity index (χ3v) is 2.94. The maximum absolute atomic E-state index is 11.8. The van der Waals surface area contributed by atoms with Crippen LogP contribution in [0, 0.1) is 0 Å². The molecule has 0 spiro atoms. The summed E-state index contributed by atoms with van der Waals surface area (Å²) in [5.74, 6) is 0. The number of fused-ring (bicyclic) bond motifs is 1. The van der Waals surface area contributed by atoms with Gasteiger partial charge in [0.05, 0.1) is 5.69 Å². The fourth-order valence-electron chi connectivity index (χ4n) is 1.95. The molecule has 0 aliphatic heterocycles. The van der Waals surface area contributed by atoms with Gasteiger partial charge >= 0.3 is 6.03 Å². The second-order valence-corrected chi connectivity index (χ2v) is 4.40. The van der Waals surface area contributed by atoms with Gasteiger partial charge in [0.15, 0.2) is 0 Å². The minimum atomic E-state index is -0.228. The Balaban J connectivity index is 1.61. The van der Waals surface area contributed by atoms with E-state index in [9.17, 15) is 4.79 Å². The van der Waals surface area contributed by atoms with Crippen molar-refractivity contribution in [3.05, 3.63) is 66.6 Å². The number of hydrogen-bond donors (Lipinski definition) is 2. The zero-order valence-corrected chi connectivity index (χ0v) is 10.8. The number of aromatic nitrogens is 2. The molecule has 1 aromatic carbocycles. The van der Waals surface area contributed by atoms with Crippen molar-refractivity contribution >= 4 is 17.4 Å². The molecule has 0 saturated carbocycles. The number of nitrogens with zero attached hydrogens (tertiary/aromatic N) is 2. The van der Waals surface area contributed by atoms with Crippen LogP contribution in [0.2, 0.25) is 0 Å². The zero-order chi connectivity index (χ0) is 13.8. The van der Waals surface area contributed by atoms with Crippen molar-refractivity contribution < 1.29 is 4.79 Å². The largest absolute Gasteiger partial charge is 0.334 e. The lowest BCUT2D eigenvalue weighted by molar-refractivity contribution is 0.251. The Morgan fingerprint density at radius 3 is 2.85 bits per heavy atom. The molecule has 100 valence electrons. The molecule has 0 radical (unpaired) electrons. The summed E-state index contributed by atoms with van der Waals surface area (Å²) < 4.78 is 1.85. The monoisotopic (exact) mass is 266 g/mol. The molecule has 3 aromatic rings. The predicted octanol–water partition coefficient (Wildman–Crippen LogP) is 2.66. The molecule has 0 unspecified atom stereocenters. The summed E-state index contributed by atoms with van der Waals surface area (Å²) in [7, 11) is 0. The number of carbonyl (C=O) groups is 1. The maximum atomic E-state index is 11.8. The molecule has 0 saturated heterocycles. The van der Waals surface area contributed by atoms with Crippen LogP contribution in [0.15, 0.2) is 61.1 Å². The average Bonchev–Trinajstić information content (AvgIpc) is 2.94. The van der Waals surface area contributed by atoms with Gasteiger partial charge in [-0.05, 0) is 17.7 Å². The van der Waals surface area contributed by atoms with Gasteiger partial charge in [-0.1, -0.05) is 30.3 Å². The second-order valence-electron chi connectivity index (χ2n) is 4.40. The molecule has 20 heavy (non-hydrogen) atoms. The molecule has 0 fully saturated rings. The summed E-state index contributed by atoms with van der Waals surface area (Å²) in [5.41, 5.74) is 2.63. The van der Waals surface area contributed by atoms with Crippen molar-refractivity contribution in [2.75, 3.05) is 5.32 Å². The summed E-state index contributed by atoms with van der Waals surface area (Å²) in [5, 5.41) is 5.61. The number of benzene rings is 1. The number of urea groups is 1. The topological polar surface area (TPSA) is 58.4 Å². The number of carbonyl (C=O) groups excluding carboxylic acids is 1. The lowest BCUT2D eigenvalue weighted by Gasteiger charge is -2.08. The van der Waals surface area contributed by atoms with E-state index in [0.717, 1.165) is 16.9 Å². The molecule has 5 heteroatoms. The first-order chi connectivity index (χ1) is 9.81. The second kappa shape index (κ2) is 5.44. The molecule has 3 rings (SSSR count). The Kier molecular flexibility index (Phi) is 3.33. The molecular weight excluding hydrogens is 252 g/mol. The summed E-state index contributed by atoms with van der Waals surface area (Å²) in [6.45, 7) is 0.500. The summed E-state index contributed by atoms with van der Waals surface area (Å²) >= 11 is 0. The first kappa shape index (κ1) is 12.2. The van der Waals surface area contributed by atoms with Crippen molar-refractivity contribution in [3.63, 3.8) is 0 Å². The highest BCUT2D eigenvalue weighted by atomic mass is 16.2. The number of amides is 2. The number of nitrogens with one attached hydrogen (secondary N) is 2. The maximum Gasteiger partial charge on any atom is 0.319 e. The Morgan fingerprint density at radius 1 is 1.15 bits per heavy atom. The Bertz CT molecular complexity index is 721. The van der Waals surface area contributed by atoms with Crippen molar-refractivity contribution in [2.45, 2.75) is 6.54 Å². The van der Waals surface area contributed by atoms with Gasteiger partial charge in [0, 0.05) is 25.1 Å². The number of anilines is 1. The van der Waals surface area contributed by atoms with E-state index in [4.69, 9.17) is 0 Å². The van der Waals surface area contributed by atoms with Gasteiger partial charge in [-0.2, -0.15) is 0 Å². The van der Waals surface area contributed by atoms with Gasteiger partial charge in [-0.3, -0.25) is 0 Å². The van der Waals surface area contributed by atoms with E-state index in [1.807, 2.05) is 59.3 Å². The van der Waals surface area contributed by atoms with Crippen LogP contribution in [-0.2, 0) is 6.54 Å². The van der Waals surface area contributed by atoms with Crippen LogP contribution < -0.4 is 10.6 Å². The molecule has 0 bridgehead atoms. The van der Waals surface area contributed by atoms with Gasteiger partial charge < -0.3 is 15.0 Å². The van der Waals surface area contributed by atoms with E-state index in [1.54, 1.807) is 6.20 Å². The van der Waals surface area contributed by atoms with Crippen LogP contribution >= 0.6 is 0 Å². The molecule has 2 amide bonds. The molecule has 2 heterocycles. The molecule has 0 atom stereocenters. The van der Waals surface area contributed by atoms with Crippen molar-refractivity contribution in [3.8, 4) is 0 Å². The van der Waals surface area contributed by atoms with Gasteiger partial charge in [0.1, 0.15) is 5.65 Å². The van der Waals surface area contributed by atoms with E-state index in [2.05, 4.69) is 15.6 Å². The molecule has 0 aliphatic rings. The predicted molar refractivity (Wildman–Crippen MR) is 77.5 cm³/mol. The highest BCUT2D eigenvalue weighted by molar-refractivity contribution is 5.89. The summed E-state index contributed by atoms with van der Waals surface area (Å²) in [6, 6.07) is 13.2. The fraction of sp³-hybridized carbons (Fsp3) is 0.0667. The van der Waals surface area contributed by atoms with Crippen LogP contribution in [-0.4, -0.2) is 15.4 Å². The first-order valence-corrected chi connectivity index (χ1v) is 6.33. The van der Waals surface area contributed by atoms with Crippen molar-refractivity contribution in [2.24, 2.45) is 0 Å². The van der Waals surface area contributed by atoms with E-state index < -0.39 is 0 Å². The van der Waals surface area contributed by atoms with Crippen LogP contribution in [0.5, 0.6) is 0 Å². The van der Waals surface area contributed by atoms with Crippen molar-refractivity contribution in [1.82, 2.24) is 14.7 Å². The van der Waals surface area contributed by atoms with Gasteiger partial charge in [-0.25, -0.2) is 9.78 Å². The number of imidazole rings is 1. The van der Waals surface area contributed by atoms with Gasteiger partial charge in [0.2, 0.25) is 0 Å². The average molecular weight is 266 g/mol. The quantitative estimate of drug-likeness (QED) is 0.765. The van der Waals surface area contributed by atoms with Gasteiger partial charge in [0.25, 0.3) is 0 Å². The highest BCUT2D eigenvalue weighted by Crippen LogP contribution is 2.09. The smallest absolute Gasteiger partial charge is 0.319 e. The number of pyridine rings is 1. The minimum absolute atomic E-state index is 0.228. The summed E-state index contributed by atoms with van der Waals surface area (Å²) in [6.07, 6.45) is 5.38. The fourth-order valence-corrected chi connectivity index (χ4v) is 1.95. The number of hydrogen-bond acceptors (Lipinski definition) is 2. The van der Waals surface area contributed by atoms with Crippen LogP contribution in [0.1, 0.15) is 5.56 Å². The van der Waals surface area contributed by atoms with Crippen LogP contribution in [0.4, 0.5) is 10.5 Å².